The van der Waals surface area contributed by atoms with Crippen molar-refractivity contribution in [2.45, 2.75) is 20.3 Å². The van der Waals surface area contributed by atoms with Crippen LogP contribution in [-0.2, 0) is 14.3 Å². The Hall–Kier alpha value is -1.01. The normalized spacial score (nSPS) is 11.8. The van der Waals surface area contributed by atoms with E-state index < -0.39 is 0 Å². The summed E-state index contributed by atoms with van der Waals surface area (Å²) in [5, 5.41) is 0. The maximum atomic E-state index is 11.1. The fourth-order valence-electron chi connectivity index (χ4n) is 0.641. The number of carbonyl (C=O) groups is 1. The number of carbonyl (C=O) groups excluding carboxylic acids is 1. The van der Waals surface area contributed by atoms with E-state index in [4.69, 9.17) is 15.9 Å². The topological polar surface area (TPSA) is 35.5 Å². The van der Waals surface area contributed by atoms with Crippen LogP contribution in [0.2, 0.25) is 0 Å². The molecule has 0 aromatic carbocycles. The highest BCUT2D eigenvalue weighted by Gasteiger charge is 2.10. The van der Waals surface area contributed by atoms with E-state index in [0.29, 0.717) is 6.61 Å². The van der Waals surface area contributed by atoms with E-state index in [0.717, 1.165) is 6.42 Å². The maximum Gasteiger partial charge on any atom is 0.308 e. The highest BCUT2D eigenvalue weighted by Crippen LogP contribution is 2.02. The van der Waals surface area contributed by atoms with Gasteiger partial charge >= 0.3 is 5.97 Å². The lowest BCUT2D eigenvalue weighted by atomic mass is 10.1. The monoisotopic (exact) mass is 184 g/mol. The van der Waals surface area contributed by atoms with Crippen molar-refractivity contribution < 1.29 is 14.3 Å². The van der Waals surface area contributed by atoms with Crippen molar-refractivity contribution in [1.29, 1.82) is 0 Å². The van der Waals surface area contributed by atoms with E-state index in [1.807, 2.05) is 13.8 Å². The van der Waals surface area contributed by atoms with Crippen LogP contribution in [0, 0.1) is 18.3 Å². The Balaban J connectivity index is 3.33. The SMILES string of the molecule is C#CCOCCOC(=O)C(C)CC. The number of terminal acetylenes is 1. The van der Waals surface area contributed by atoms with E-state index in [1.165, 1.54) is 0 Å². The Bertz CT molecular complexity index is 181. The minimum atomic E-state index is -0.174. The lowest BCUT2D eigenvalue weighted by molar-refractivity contribution is -0.149. The molecular weight excluding hydrogens is 168 g/mol. The van der Waals surface area contributed by atoms with Crippen LogP contribution >= 0.6 is 0 Å². The molecule has 74 valence electrons. The zero-order valence-corrected chi connectivity index (χ0v) is 8.21. The average molecular weight is 184 g/mol. The maximum absolute atomic E-state index is 11.1. The molecule has 0 saturated heterocycles. The van der Waals surface area contributed by atoms with Gasteiger partial charge in [-0.25, -0.2) is 0 Å². The second-order valence-electron chi connectivity index (χ2n) is 2.73. The molecule has 0 amide bonds. The molecule has 0 radical (unpaired) electrons. The van der Waals surface area contributed by atoms with E-state index in [2.05, 4.69) is 5.92 Å². The summed E-state index contributed by atoms with van der Waals surface area (Å²) in [7, 11) is 0. The van der Waals surface area contributed by atoms with Gasteiger partial charge < -0.3 is 9.47 Å². The van der Waals surface area contributed by atoms with Gasteiger partial charge in [-0.15, -0.1) is 6.42 Å². The quantitative estimate of drug-likeness (QED) is 0.354. The molecule has 0 aliphatic carbocycles. The van der Waals surface area contributed by atoms with Crippen LogP contribution in [0.3, 0.4) is 0 Å². The molecule has 0 bridgehead atoms. The zero-order chi connectivity index (χ0) is 10.1. The van der Waals surface area contributed by atoms with Gasteiger partial charge in [0.05, 0.1) is 12.5 Å². The number of rotatable bonds is 6. The fourth-order valence-corrected chi connectivity index (χ4v) is 0.641. The number of esters is 1. The predicted molar refractivity (Wildman–Crippen MR) is 50.1 cm³/mol. The van der Waals surface area contributed by atoms with Crippen molar-refractivity contribution >= 4 is 5.97 Å². The summed E-state index contributed by atoms with van der Waals surface area (Å²) in [6, 6.07) is 0. The van der Waals surface area contributed by atoms with Crippen LogP contribution in [0.25, 0.3) is 0 Å². The zero-order valence-electron chi connectivity index (χ0n) is 8.21. The Morgan fingerprint density at radius 2 is 2.23 bits per heavy atom. The van der Waals surface area contributed by atoms with Gasteiger partial charge in [0.1, 0.15) is 13.2 Å². The molecule has 0 aromatic heterocycles. The summed E-state index contributed by atoms with van der Waals surface area (Å²) in [5.74, 6) is 2.12. The molecule has 0 aliphatic rings. The number of hydrogen-bond acceptors (Lipinski definition) is 3. The highest BCUT2D eigenvalue weighted by atomic mass is 16.6. The lowest BCUT2D eigenvalue weighted by Gasteiger charge is -2.08. The molecule has 3 nitrogen and oxygen atoms in total. The van der Waals surface area contributed by atoms with Crippen LogP contribution in [0.4, 0.5) is 0 Å². The van der Waals surface area contributed by atoms with Gasteiger partial charge in [-0.1, -0.05) is 19.8 Å². The van der Waals surface area contributed by atoms with Crippen molar-refractivity contribution in [1.82, 2.24) is 0 Å². The fraction of sp³-hybridized carbons (Fsp3) is 0.700. The van der Waals surface area contributed by atoms with Crippen molar-refractivity contribution in [3.8, 4) is 12.3 Å². The van der Waals surface area contributed by atoms with Crippen molar-refractivity contribution in [2.24, 2.45) is 5.92 Å². The molecule has 13 heavy (non-hydrogen) atoms. The summed E-state index contributed by atoms with van der Waals surface area (Å²) in [4.78, 5) is 11.1. The number of ether oxygens (including phenoxy) is 2. The third kappa shape index (κ3) is 6.18. The van der Waals surface area contributed by atoms with Gasteiger partial charge in [0.15, 0.2) is 0 Å². The predicted octanol–water partition coefficient (Wildman–Crippen LogP) is 1.23. The molecule has 0 fully saturated rings. The van der Waals surface area contributed by atoms with Gasteiger partial charge in [-0.2, -0.15) is 0 Å². The van der Waals surface area contributed by atoms with Crippen molar-refractivity contribution in [3.63, 3.8) is 0 Å². The molecule has 0 aliphatic heterocycles. The summed E-state index contributed by atoms with van der Waals surface area (Å²) >= 11 is 0. The first-order valence-electron chi connectivity index (χ1n) is 4.40. The number of hydrogen-bond donors (Lipinski definition) is 0. The largest absolute Gasteiger partial charge is 0.463 e. The van der Waals surface area contributed by atoms with Crippen molar-refractivity contribution in [2.75, 3.05) is 19.8 Å². The smallest absolute Gasteiger partial charge is 0.308 e. The Morgan fingerprint density at radius 1 is 1.54 bits per heavy atom. The second kappa shape index (κ2) is 7.63. The lowest BCUT2D eigenvalue weighted by Crippen LogP contribution is -2.16. The van der Waals surface area contributed by atoms with E-state index in [9.17, 15) is 4.79 Å². The first kappa shape index (κ1) is 12.0. The van der Waals surface area contributed by atoms with Crippen LogP contribution in [-0.4, -0.2) is 25.8 Å². The molecule has 0 spiro atoms. The molecular formula is C10H16O3. The molecule has 0 aromatic rings. The minimum Gasteiger partial charge on any atom is -0.463 e. The summed E-state index contributed by atoms with van der Waals surface area (Å²) in [6.45, 7) is 4.70. The third-order valence-corrected chi connectivity index (χ3v) is 1.67. The van der Waals surface area contributed by atoms with Gasteiger partial charge in [0.25, 0.3) is 0 Å². The summed E-state index contributed by atoms with van der Waals surface area (Å²) in [5.41, 5.74) is 0. The van der Waals surface area contributed by atoms with Crippen LogP contribution in [0.1, 0.15) is 20.3 Å². The van der Waals surface area contributed by atoms with Crippen LogP contribution < -0.4 is 0 Å². The average Bonchev–Trinajstić information content (AvgIpc) is 2.16. The molecule has 1 atom stereocenters. The van der Waals surface area contributed by atoms with E-state index in [-0.39, 0.29) is 25.1 Å². The Labute approximate surface area is 79.4 Å². The first-order chi connectivity index (χ1) is 6.22. The molecule has 0 saturated carbocycles. The van der Waals surface area contributed by atoms with E-state index >= 15 is 0 Å². The van der Waals surface area contributed by atoms with Gasteiger partial charge in [0, 0.05) is 0 Å². The Kier molecular flexibility index (Phi) is 7.04. The molecule has 0 N–H and O–H groups in total. The molecule has 3 heteroatoms. The van der Waals surface area contributed by atoms with Crippen LogP contribution in [0.5, 0.6) is 0 Å². The molecule has 0 heterocycles. The van der Waals surface area contributed by atoms with E-state index in [1.54, 1.807) is 0 Å². The van der Waals surface area contributed by atoms with Gasteiger partial charge in [-0.3, -0.25) is 4.79 Å². The molecule has 0 rings (SSSR count). The Morgan fingerprint density at radius 3 is 2.77 bits per heavy atom. The summed E-state index contributed by atoms with van der Waals surface area (Å²) in [6.07, 6.45) is 5.75. The van der Waals surface area contributed by atoms with Gasteiger partial charge in [0.2, 0.25) is 0 Å². The molecule has 1 unspecified atom stereocenters. The first-order valence-corrected chi connectivity index (χ1v) is 4.40. The van der Waals surface area contributed by atoms with Crippen LogP contribution in [0.15, 0.2) is 0 Å². The highest BCUT2D eigenvalue weighted by molar-refractivity contribution is 5.71. The third-order valence-electron chi connectivity index (χ3n) is 1.67. The standard InChI is InChI=1S/C10H16O3/c1-4-6-12-7-8-13-10(11)9(3)5-2/h1,9H,5-8H2,2-3H3. The minimum absolute atomic E-state index is 0.0346. The second-order valence-corrected chi connectivity index (χ2v) is 2.73. The van der Waals surface area contributed by atoms with Crippen molar-refractivity contribution in [3.05, 3.63) is 0 Å². The van der Waals surface area contributed by atoms with Gasteiger partial charge in [-0.05, 0) is 6.42 Å². The summed E-state index contributed by atoms with van der Waals surface area (Å²) < 4.78 is 9.84.